The van der Waals surface area contributed by atoms with Crippen molar-refractivity contribution in [3.63, 3.8) is 0 Å². The van der Waals surface area contributed by atoms with Gasteiger partial charge in [-0.1, -0.05) is 0 Å². The third-order valence-corrected chi connectivity index (χ3v) is 3.37. The van der Waals surface area contributed by atoms with Gasteiger partial charge in [0, 0.05) is 0 Å². The van der Waals surface area contributed by atoms with Crippen LogP contribution in [0.1, 0.15) is 13.2 Å². The molecule has 3 rings (SSSR count). The Morgan fingerprint density at radius 1 is 1.45 bits per heavy atom. The van der Waals surface area contributed by atoms with E-state index < -0.39 is 30.7 Å². The fourth-order valence-electron chi connectivity index (χ4n) is 2.34. The number of ether oxygens (including phenoxy) is 1. The second-order valence-corrected chi connectivity index (χ2v) is 4.75. The molecule has 108 valence electrons. The lowest BCUT2D eigenvalue weighted by molar-refractivity contribution is -0.0761. The second-order valence-electron chi connectivity index (χ2n) is 4.75. The standard InChI is InChI=1S/C11H14FN5O3/c1-4(18)8-7(19)5(12)11(20-8)17-3-16-6-9(13)14-2-15-10(6)17/h2-5,7-8,11,18-19H,1H3,(H2,13,14,15)/t4?,5-,7?,8+,11+/m0/s1. The number of halogens is 1. The van der Waals surface area contributed by atoms with Gasteiger partial charge in [-0.05, 0) is 6.92 Å². The van der Waals surface area contributed by atoms with Crippen LogP contribution in [-0.4, -0.2) is 54.2 Å². The van der Waals surface area contributed by atoms with Crippen molar-refractivity contribution in [3.8, 4) is 0 Å². The Bertz CT molecular complexity index is 634. The van der Waals surface area contributed by atoms with Gasteiger partial charge in [0.15, 0.2) is 23.9 Å². The predicted molar refractivity (Wildman–Crippen MR) is 66.2 cm³/mol. The van der Waals surface area contributed by atoms with Crippen molar-refractivity contribution in [2.24, 2.45) is 0 Å². The molecule has 0 aliphatic carbocycles. The first-order valence-electron chi connectivity index (χ1n) is 6.09. The molecule has 9 heteroatoms. The summed E-state index contributed by atoms with van der Waals surface area (Å²) in [4.78, 5) is 11.8. The van der Waals surface area contributed by atoms with E-state index >= 15 is 0 Å². The zero-order valence-electron chi connectivity index (χ0n) is 10.6. The average Bonchev–Trinajstić information content (AvgIpc) is 2.94. The number of nitrogens with two attached hydrogens (primary N) is 1. The lowest BCUT2D eigenvalue weighted by Crippen LogP contribution is -2.35. The summed E-state index contributed by atoms with van der Waals surface area (Å²) in [6, 6.07) is 0. The van der Waals surface area contributed by atoms with Crippen molar-refractivity contribution in [1.82, 2.24) is 19.5 Å². The van der Waals surface area contributed by atoms with E-state index in [9.17, 15) is 14.6 Å². The maximum atomic E-state index is 14.2. The largest absolute Gasteiger partial charge is 0.391 e. The van der Waals surface area contributed by atoms with Crippen molar-refractivity contribution < 1.29 is 19.3 Å². The Hall–Kier alpha value is -1.84. The average molecular weight is 283 g/mol. The van der Waals surface area contributed by atoms with E-state index in [4.69, 9.17) is 10.5 Å². The third kappa shape index (κ3) is 1.82. The van der Waals surface area contributed by atoms with E-state index in [1.165, 1.54) is 24.1 Å². The minimum atomic E-state index is -1.71. The van der Waals surface area contributed by atoms with Gasteiger partial charge >= 0.3 is 0 Å². The SMILES string of the molecule is CC(O)[C@H]1O[C@@H](n2cnc3c(N)ncnc32)[C@@H](F)C1O. The van der Waals surface area contributed by atoms with Crippen LogP contribution in [0.25, 0.3) is 11.2 Å². The van der Waals surface area contributed by atoms with Gasteiger partial charge in [0.05, 0.1) is 12.4 Å². The maximum Gasteiger partial charge on any atom is 0.173 e. The number of hydrogen-bond acceptors (Lipinski definition) is 7. The van der Waals surface area contributed by atoms with E-state index in [1.807, 2.05) is 0 Å². The fourth-order valence-corrected chi connectivity index (χ4v) is 2.34. The van der Waals surface area contributed by atoms with Crippen molar-refractivity contribution in [1.29, 1.82) is 0 Å². The first kappa shape index (κ1) is 13.2. The quantitative estimate of drug-likeness (QED) is 0.672. The number of nitrogen functional groups attached to an aromatic ring is 1. The number of imidazole rings is 1. The van der Waals surface area contributed by atoms with E-state index in [2.05, 4.69) is 15.0 Å². The lowest BCUT2D eigenvalue weighted by Gasteiger charge is -2.17. The van der Waals surface area contributed by atoms with Crippen LogP contribution in [0.4, 0.5) is 10.2 Å². The number of alkyl halides is 1. The van der Waals surface area contributed by atoms with Crippen LogP contribution in [0.15, 0.2) is 12.7 Å². The Balaban J connectivity index is 2.02. The van der Waals surface area contributed by atoms with Crippen molar-refractivity contribution in [3.05, 3.63) is 12.7 Å². The molecule has 4 N–H and O–H groups in total. The Kier molecular flexibility index (Phi) is 3.04. The van der Waals surface area contributed by atoms with Crippen LogP contribution in [0, 0.1) is 0 Å². The Morgan fingerprint density at radius 3 is 2.85 bits per heavy atom. The fraction of sp³-hybridized carbons (Fsp3) is 0.545. The Morgan fingerprint density at radius 2 is 2.20 bits per heavy atom. The highest BCUT2D eigenvalue weighted by Crippen LogP contribution is 2.35. The molecule has 0 aromatic carbocycles. The van der Waals surface area contributed by atoms with Gasteiger partial charge in [0.1, 0.15) is 24.1 Å². The molecule has 0 spiro atoms. The summed E-state index contributed by atoms with van der Waals surface area (Å²) in [6.45, 7) is 1.43. The number of rotatable bonds is 2. The molecule has 1 aliphatic heterocycles. The molecule has 1 fully saturated rings. The van der Waals surface area contributed by atoms with Crippen LogP contribution < -0.4 is 5.73 Å². The summed E-state index contributed by atoms with van der Waals surface area (Å²) in [6.07, 6.45) is -3.69. The summed E-state index contributed by atoms with van der Waals surface area (Å²) in [5, 5.41) is 19.3. The normalized spacial score (nSPS) is 31.8. The maximum absolute atomic E-state index is 14.2. The molecule has 1 aliphatic rings. The highest BCUT2D eigenvalue weighted by molar-refractivity contribution is 5.81. The van der Waals surface area contributed by atoms with Gasteiger partial charge in [0.25, 0.3) is 0 Å². The van der Waals surface area contributed by atoms with Crippen molar-refractivity contribution >= 4 is 17.0 Å². The van der Waals surface area contributed by atoms with Crippen molar-refractivity contribution in [2.75, 3.05) is 5.73 Å². The van der Waals surface area contributed by atoms with Gasteiger partial charge < -0.3 is 20.7 Å². The smallest absolute Gasteiger partial charge is 0.173 e. The van der Waals surface area contributed by atoms with Crippen LogP contribution in [0.3, 0.4) is 0 Å². The second kappa shape index (κ2) is 4.62. The lowest BCUT2D eigenvalue weighted by atomic mass is 10.1. The molecular formula is C11H14FN5O3. The van der Waals surface area contributed by atoms with Crippen molar-refractivity contribution in [2.45, 2.75) is 37.6 Å². The van der Waals surface area contributed by atoms with E-state index in [-0.39, 0.29) is 5.82 Å². The molecule has 2 aromatic heterocycles. The van der Waals surface area contributed by atoms with E-state index in [0.29, 0.717) is 11.2 Å². The predicted octanol–water partition coefficient (Wildman–Crippen LogP) is -0.614. The monoisotopic (exact) mass is 283 g/mol. The number of aliphatic hydroxyl groups excluding tert-OH is 2. The van der Waals surface area contributed by atoms with E-state index in [0.717, 1.165) is 0 Å². The summed E-state index contributed by atoms with van der Waals surface area (Å²) in [5.74, 6) is 0.176. The number of fused-ring (bicyclic) bond motifs is 1. The van der Waals surface area contributed by atoms with Crippen LogP contribution in [0.5, 0.6) is 0 Å². The third-order valence-electron chi connectivity index (χ3n) is 3.37. The van der Waals surface area contributed by atoms with Crippen LogP contribution >= 0.6 is 0 Å². The molecule has 0 amide bonds. The number of nitrogens with zero attached hydrogens (tertiary/aromatic N) is 4. The number of aliphatic hydroxyl groups is 2. The van der Waals surface area contributed by atoms with Gasteiger partial charge in [-0.2, -0.15) is 0 Å². The molecule has 8 nitrogen and oxygen atoms in total. The van der Waals surface area contributed by atoms with Crippen LogP contribution in [0.2, 0.25) is 0 Å². The summed E-state index contributed by atoms with van der Waals surface area (Å²) in [7, 11) is 0. The molecule has 0 saturated carbocycles. The summed E-state index contributed by atoms with van der Waals surface area (Å²) < 4.78 is 20.9. The zero-order valence-corrected chi connectivity index (χ0v) is 10.6. The highest BCUT2D eigenvalue weighted by Gasteiger charge is 2.47. The first-order chi connectivity index (χ1) is 9.50. The molecule has 0 radical (unpaired) electrons. The molecular weight excluding hydrogens is 269 g/mol. The number of anilines is 1. The first-order valence-corrected chi connectivity index (χ1v) is 6.09. The van der Waals surface area contributed by atoms with Crippen LogP contribution in [-0.2, 0) is 4.74 Å². The molecule has 2 unspecified atom stereocenters. The highest BCUT2D eigenvalue weighted by atomic mass is 19.1. The van der Waals surface area contributed by atoms with Gasteiger partial charge in [-0.25, -0.2) is 19.3 Å². The van der Waals surface area contributed by atoms with Gasteiger partial charge in [-0.15, -0.1) is 0 Å². The molecule has 20 heavy (non-hydrogen) atoms. The van der Waals surface area contributed by atoms with Gasteiger partial charge in [0.2, 0.25) is 0 Å². The minimum Gasteiger partial charge on any atom is -0.391 e. The Labute approximate surface area is 113 Å². The molecule has 1 saturated heterocycles. The minimum absolute atomic E-state index is 0.176. The van der Waals surface area contributed by atoms with Gasteiger partial charge in [-0.3, -0.25) is 4.57 Å². The summed E-state index contributed by atoms with van der Waals surface area (Å²) >= 11 is 0. The molecule has 5 atom stereocenters. The molecule has 2 aromatic rings. The molecule has 0 bridgehead atoms. The number of hydrogen-bond donors (Lipinski definition) is 3. The molecule has 3 heterocycles. The topological polar surface area (TPSA) is 119 Å². The summed E-state index contributed by atoms with van der Waals surface area (Å²) in [5.41, 5.74) is 6.30. The zero-order chi connectivity index (χ0) is 14.4. The number of aromatic nitrogens is 4. The van der Waals surface area contributed by atoms with E-state index in [1.54, 1.807) is 0 Å².